The monoisotopic (exact) mass is 440 g/mol. The summed E-state index contributed by atoms with van der Waals surface area (Å²) in [5.41, 5.74) is 0.643. The second-order valence-corrected chi connectivity index (χ2v) is 8.88. The zero-order chi connectivity index (χ0) is 21.7. The fourth-order valence-electron chi connectivity index (χ4n) is 3.21. The van der Waals surface area contributed by atoms with Crippen LogP contribution in [0.1, 0.15) is 18.5 Å². The number of rotatable bonds is 6. The molecule has 1 aromatic rings. The zero-order valence-electron chi connectivity index (χ0n) is 15.8. The van der Waals surface area contributed by atoms with E-state index in [1.807, 2.05) is 18.2 Å². The summed E-state index contributed by atoms with van der Waals surface area (Å²) in [7, 11) is -3.10. The van der Waals surface area contributed by atoms with E-state index in [2.05, 4.69) is 4.98 Å². The van der Waals surface area contributed by atoms with Gasteiger partial charge in [-0.3, -0.25) is 4.98 Å². The molecule has 0 aliphatic carbocycles. The summed E-state index contributed by atoms with van der Waals surface area (Å²) in [6, 6.07) is 5.77. The molecule has 3 rings (SSSR count). The third-order valence-corrected chi connectivity index (χ3v) is 5.98. The highest BCUT2D eigenvalue weighted by Gasteiger charge is 2.55. The van der Waals surface area contributed by atoms with Crippen molar-refractivity contribution in [3.63, 3.8) is 0 Å². The molecule has 2 saturated heterocycles. The molecule has 2 aliphatic heterocycles. The maximum absolute atomic E-state index is 11.5. The van der Waals surface area contributed by atoms with Crippen LogP contribution in [0.2, 0.25) is 0 Å². The summed E-state index contributed by atoms with van der Waals surface area (Å²) in [4.78, 5) is 13.1. The van der Waals surface area contributed by atoms with E-state index in [9.17, 15) is 21.6 Å². The Balaban J connectivity index is 0.000000370. The van der Waals surface area contributed by atoms with Crippen molar-refractivity contribution in [3.05, 3.63) is 30.1 Å². The highest BCUT2D eigenvalue weighted by molar-refractivity contribution is 7.88. The topological polar surface area (TPSA) is 106 Å². The third kappa shape index (κ3) is 6.63. The Morgan fingerprint density at radius 3 is 2.59 bits per heavy atom. The molecule has 0 amide bonds. The molecule has 29 heavy (non-hydrogen) atoms. The summed E-state index contributed by atoms with van der Waals surface area (Å²) >= 11 is 0. The van der Waals surface area contributed by atoms with E-state index in [4.69, 9.17) is 19.4 Å². The molecule has 1 atom stereocenters. The molecule has 0 saturated carbocycles. The molecule has 164 valence electrons. The number of aromatic nitrogens is 1. The first-order valence-corrected chi connectivity index (χ1v) is 10.7. The maximum atomic E-state index is 11.5. The van der Waals surface area contributed by atoms with Gasteiger partial charge in [-0.25, -0.2) is 13.2 Å². The summed E-state index contributed by atoms with van der Waals surface area (Å²) in [6.45, 7) is 2.83. The van der Waals surface area contributed by atoms with Crippen LogP contribution in [-0.4, -0.2) is 73.1 Å². The lowest BCUT2D eigenvalue weighted by Crippen LogP contribution is -2.65. The van der Waals surface area contributed by atoms with E-state index < -0.39 is 22.2 Å². The van der Waals surface area contributed by atoms with Crippen molar-refractivity contribution in [1.82, 2.24) is 9.29 Å². The molecule has 0 radical (unpaired) electrons. The Morgan fingerprint density at radius 2 is 2.07 bits per heavy atom. The van der Waals surface area contributed by atoms with E-state index in [0.717, 1.165) is 18.5 Å². The van der Waals surface area contributed by atoms with Crippen LogP contribution in [0.4, 0.5) is 13.2 Å². The van der Waals surface area contributed by atoms with Gasteiger partial charge in [0.25, 0.3) is 0 Å². The average Bonchev–Trinajstić information content (AvgIpc) is 3.01. The number of alkyl halides is 3. The van der Waals surface area contributed by atoms with Crippen LogP contribution in [0.5, 0.6) is 0 Å². The van der Waals surface area contributed by atoms with Crippen molar-refractivity contribution >= 4 is 16.0 Å². The predicted octanol–water partition coefficient (Wildman–Crippen LogP) is 1.67. The predicted molar refractivity (Wildman–Crippen MR) is 95.4 cm³/mol. The van der Waals surface area contributed by atoms with E-state index in [0.29, 0.717) is 38.8 Å². The molecule has 2 aliphatic rings. The molecule has 3 heterocycles. The van der Waals surface area contributed by atoms with Crippen molar-refractivity contribution < 1.29 is 41.0 Å². The minimum absolute atomic E-state index is 0.280. The fourth-order valence-corrected chi connectivity index (χ4v) is 4.12. The van der Waals surface area contributed by atoms with Crippen molar-refractivity contribution in [2.24, 2.45) is 5.92 Å². The molecular formula is C17H23F3N2O6S. The quantitative estimate of drug-likeness (QED) is 0.671. The summed E-state index contributed by atoms with van der Waals surface area (Å²) in [5.74, 6) is -2.39. The van der Waals surface area contributed by atoms with Crippen molar-refractivity contribution in [1.29, 1.82) is 0 Å². The Labute approximate surface area is 166 Å². The van der Waals surface area contributed by atoms with Gasteiger partial charge in [0.05, 0.1) is 24.2 Å². The number of pyridine rings is 1. The lowest BCUT2D eigenvalue weighted by Gasteiger charge is -2.48. The largest absolute Gasteiger partial charge is 0.490 e. The Morgan fingerprint density at radius 1 is 1.41 bits per heavy atom. The summed E-state index contributed by atoms with van der Waals surface area (Å²) < 4.78 is 67.8. The number of aliphatic carboxylic acids is 1. The van der Waals surface area contributed by atoms with Gasteiger partial charge in [0.2, 0.25) is 10.0 Å². The maximum Gasteiger partial charge on any atom is 0.490 e. The molecule has 8 nitrogen and oxygen atoms in total. The number of carboxylic acid groups (broad SMARTS) is 1. The fraction of sp³-hybridized carbons (Fsp3) is 0.647. The highest BCUT2D eigenvalue weighted by atomic mass is 32.2. The van der Waals surface area contributed by atoms with Gasteiger partial charge in [-0.2, -0.15) is 17.5 Å². The zero-order valence-corrected chi connectivity index (χ0v) is 16.6. The van der Waals surface area contributed by atoms with Crippen LogP contribution >= 0.6 is 0 Å². The molecule has 1 N–H and O–H groups in total. The first-order valence-electron chi connectivity index (χ1n) is 8.81. The Bertz CT molecular complexity index is 782. The highest BCUT2D eigenvalue weighted by Crippen LogP contribution is 2.42. The van der Waals surface area contributed by atoms with Gasteiger partial charge in [-0.15, -0.1) is 0 Å². The van der Waals surface area contributed by atoms with Crippen molar-refractivity contribution in [2.45, 2.75) is 31.2 Å². The normalized spacial score (nSPS) is 21.3. The van der Waals surface area contributed by atoms with Crippen LogP contribution < -0.4 is 0 Å². The average molecular weight is 440 g/mol. The number of ether oxygens (including phenoxy) is 2. The SMILES string of the molecule is CS(=O)(=O)N1CC2(C1)OCCC2CCOCc1ccccn1.O=C(O)C(F)(F)F. The van der Waals surface area contributed by atoms with Crippen LogP contribution in [0.25, 0.3) is 0 Å². The van der Waals surface area contributed by atoms with E-state index in [-0.39, 0.29) is 5.60 Å². The first-order chi connectivity index (χ1) is 13.4. The number of halogens is 3. The lowest BCUT2D eigenvalue weighted by atomic mass is 9.80. The van der Waals surface area contributed by atoms with E-state index >= 15 is 0 Å². The van der Waals surface area contributed by atoms with Gasteiger partial charge in [-0.05, 0) is 30.9 Å². The van der Waals surface area contributed by atoms with Gasteiger partial charge in [0.15, 0.2) is 0 Å². The van der Waals surface area contributed by atoms with Gasteiger partial charge in [0, 0.05) is 32.5 Å². The van der Waals surface area contributed by atoms with E-state index in [1.165, 1.54) is 10.6 Å². The summed E-state index contributed by atoms with van der Waals surface area (Å²) in [6.07, 6.45) is -0.207. The number of sulfonamides is 1. The molecular weight excluding hydrogens is 417 g/mol. The molecule has 1 aromatic heterocycles. The molecule has 12 heteroatoms. The van der Waals surface area contributed by atoms with Crippen LogP contribution in [0.3, 0.4) is 0 Å². The minimum Gasteiger partial charge on any atom is -0.475 e. The van der Waals surface area contributed by atoms with Crippen molar-refractivity contribution in [2.75, 3.05) is 32.6 Å². The van der Waals surface area contributed by atoms with Crippen molar-refractivity contribution in [3.8, 4) is 0 Å². The van der Waals surface area contributed by atoms with Gasteiger partial charge in [-0.1, -0.05) is 6.07 Å². The standard InChI is InChI=1S/C15H22N2O4S.C2HF3O2/c1-22(18,19)17-11-15(12-17)13(6-9-21-15)5-8-20-10-14-4-2-3-7-16-14;3-2(4,5)1(6)7/h2-4,7,13H,5-6,8-12H2,1H3;(H,6,7). The molecule has 1 unspecified atom stereocenters. The molecule has 0 aromatic carbocycles. The van der Waals surface area contributed by atoms with Crippen LogP contribution in [0, 0.1) is 5.92 Å². The second-order valence-electron chi connectivity index (χ2n) is 6.90. The lowest BCUT2D eigenvalue weighted by molar-refractivity contribution is -0.192. The smallest absolute Gasteiger partial charge is 0.475 e. The van der Waals surface area contributed by atoms with Gasteiger partial charge in [0.1, 0.15) is 0 Å². The van der Waals surface area contributed by atoms with Crippen LogP contribution in [0.15, 0.2) is 24.4 Å². The molecule has 0 bridgehead atoms. The number of nitrogens with zero attached hydrogens (tertiary/aromatic N) is 2. The summed E-state index contributed by atoms with van der Waals surface area (Å²) in [5, 5.41) is 7.12. The van der Waals surface area contributed by atoms with Gasteiger partial charge < -0.3 is 14.6 Å². The van der Waals surface area contributed by atoms with Crippen LogP contribution in [-0.2, 0) is 30.9 Å². The molecule has 2 fully saturated rings. The Hall–Kier alpha value is -1.76. The van der Waals surface area contributed by atoms with E-state index in [1.54, 1.807) is 6.20 Å². The number of carbonyl (C=O) groups is 1. The first kappa shape index (κ1) is 23.5. The van der Waals surface area contributed by atoms with Gasteiger partial charge >= 0.3 is 12.1 Å². The number of carboxylic acids is 1. The third-order valence-electron chi connectivity index (χ3n) is 4.79. The second kappa shape index (κ2) is 9.37. The number of hydrogen-bond acceptors (Lipinski definition) is 6. The number of hydrogen-bond donors (Lipinski definition) is 1. The molecule has 1 spiro atoms. The minimum atomic E-state index is -5.08. The Kier molecular flexibility index (Phi) is 7.60.